The van der Waals surface area contributed by atoms with Crippen molar-refractivity contribution in [1.82, 2.24) is 29.9 Å². The summed E-state index contributed by atoms with van der Waals surface area (Å²) in [5.41, 5.74) is 5.17. The third-order valence-electron chi connectivity index (χ3n) is 6.52. The quantitative estimate of drug-likeness (QED) is 0.321. The van der Waals surface area contributed by atoms with Gasteiger partial charge in [-0.25, -0.2) is 19.0 Å². The van der Waals surface area contributed by atoms with E-state index in [0.29, 0.717) is 29.0 Å². The normalized spacial score (nSPS) is 13.7. The maximum atomic E-state index is 13.2. The lowest BCUT2D eigenvalue weighted by molar-refractivity contribution is 0.393. The van der Waals surface area contributed by atoms with Crippen LogP contribution in [0.1, 0.15) is 41.7 Å². The Morgan fingerprint density at radius 3 is 2.71 bits per heavy atom. The molecule has 0 aliphatic heterocycles. The summed E-state index contributed by atoms with van der Waals surface area (Å²) in [7, 11) is 1.65. The van der Waals surface area contributed by atoms with Crippen LogP contribution in [0.5, 0.6) is 5.75 Å². The molecule has 0 saturated heterocycles. The van der Waals surface area contributed by atoms with Crippen molar-refractivity contribution >= 4 is 33.6 Å². The van der Waals surface area contributed by atoms with Crippen LogP contribution in [0.4, 0.5) is 16.0 Å². The molecule has 0 radical (unpaired) electrons. The molecule has 4 heterocycles. The molecule has 1 aliphatic carbocycles. The van der Waals surface area contributed by atoms with E-state index >= 15 is 0 Å². The average Bonchev–Trinajstić information content (AvgIpc) is 3.40. The molecule has 0 amide bonds. The molecule has 10 heteroatoms. The molecule has 1 aromatic carbocycles. The molecule has 1 fully saturated rings. The minimum Gasteiger partial charge on any atom is -0.496 e. The minimum absolute atomic E-state index is 0.185. The van der Waals surface area contributed by atoms with Crippen LogP contribution in [-0.4, -0.2) is 43.7 Å². The van der Waals surface area contributed by atoms with Crippen molar-refractivity contribution in [2.75, 3.05) is 19.1 Å². The van der Waals surface area contributed by atoms with Gasteiger partial charge in [0, 0.05) is 28.5 Å². The summed E-state index contributed by atoms with van der Waals surface area (Å²) in [6.45, 7) is 5.34. The summed E-state index contributed by atoms with van der Waals surface area (Å²) in [6, 6.07) is 6.01. The van der Waals surface area contributed by atoms with Crippen LogP contribution in [0.15, 0.2) is 22.7 Å². The average molecular weight is 476 g/mol. The number of alkyl halides is 1. The van der Waals surface area contributed by atoms with Gasteiger partial charge in [0.05, 0.1) is 36.0 Å². The van der Waals surface area contributed by atoms with Crippen molar-refractivity contribution in [2.24, 2.45) is 0 Å². The topological polar surface area (TPSA) is 107 Å². The SMILES string of the molecule is COc1cc2c(cc1-c1c(C)noc1C)[nH]c1nc(C)nc(Nc3cc(C4CC4)nn3CCF)c12. The fourth-order valence-corrected chi connectivity index (χ4v) is 4.75. The zero-order chi connectivity index (χ0) is 24.3. The van der Waals surface area contributed by atoms with E-state index in [4.69, 9.17) is 14.2 Å². The van der Waals surface area contributed by atoms with E-state index in [0.717, 1.165) is 63.2 Å². The zero-order valence-corrected chi connectivity index (χ0v) is 20.1. The lowest BCUT2D eigenvalue weighted by Crippen LogP contribution is -2.08. The Bertz CT molecular complexity index is 1560. The van der Waals surface area contributed by atoms with Crippen molar-refractivity contribution in [3.05, 3.63) is 41.2 Å². The number of aromatic nitrogens is 6. The first-order valence-corrected chi connectivity index (χ1v) is 11.7. The molecule has 6 rings (SSSR count). The minimum atomic E-state index is -0.493. The second-order valence-corrected chi connectivity index (χ2v) is 9.03. The summed E-state index contributed by atoms with van der Waals surface area (Å²) < 4.78 is 26.1. The van der Waals surface area contributed by atoms with Gasteiger partial charge in [-0.15, -0.1) is 0 Å². The van der Waals surface area contributed by atoms with E-state index in [1.165, 1.54) is 0 Å². The number of methoxy groups -OCH3 is 1. The van der Waals surface area contributed by atoms with Crippen molar-refractivity contribution in [2.45, 2.75) is 46.1 Å². The highest BCUT2D eigenvalue weighted by Gasteiger charge is 2.28. The highest BCUT2D eigenvalue weighted by molar-refractivity contribution is 6.13. The molecule has 0 spiro atoms. The Kier molecular flexibility index (Phi) is 4.98. The first-order chi connectivity index (χ1) is 17.0. The number of ether oxygens (including phenoxy) is 1. The fraction of sp³-hybridized carbons (Fsp3) is 0.360. The van der Waals surface area contributed by atoms with Gasteiger partial charge >= 0.3 is 0 Å². The second-order valence-electron chi connectivity index (χ2n) is 9.03. The van der Waals surface area contributed by atoms with Gasteiger partial charge in [0.2, 0.25) is 0 Å². The highest BCUT2D eigenvalue weighted by Crippen LogP contribution is 2.42. The Morgan fingerprint density at radius 2 is 2.03 bits per heavy atom. The third kappa shape index (κ3) is 3.60. The van der Waals surface area contributed by atoms with Crippen molar-refractivity contribution in [1.29, 1.82) is 0 Å². The molecule has 180 valence electrons. The smallest absolute Gasteiger partial charge is 0.145 e. The molecule has 1 saturated carbocycles. The summed E-state index contributed by atoms with van der Waals surface area (Å²) >= 11 is 0. The number of H-pyrrole nitrogens is 1. The van der Waals surface area contributed by atoms with Gasteiger partial charge in [-0.1, -0.05) is 5.16 Å². The molecule has 35 heavy (non-hydrogen) atoms. The molecule has 0 bridgehead atoms. The molecular formula is C25H26FN7O2. The van der Waals surface area contributed by atoms with Gasteiger partial charge in [0.25, 0.3) is 0 Å². The van der Waals surface area contributed by atoms with Crippen molar-refractivity contribution in [3.8, 4) is 16.9 Å². The standard InChI is InChI=1S/C25H26FN7O2/c1-12-22(13(2)35-32-12)17-9-19-16(10-20(17)34-4)23-24(29-19)27-14(3)28-25(23)30-21-11-18(15-5-6-15)31-33(21)8-7-26/h9-11,15H,5-8H2,1-4H3,(H2,27,28,29,30). The van der Waals surface area contributed by atoms with Crippen LogP contribution >= 0.6 is 0 Å². The van der Waals surface area contributed by atoms with Gasteiger partial charge in [-0.3, -0.25) is 0 Å². The number of aryl methyl sites for hydroxylation is 4. The number of halogens is 1. The van der Waals surface area contributed by atoms with E-state index < -0.39 is 6.67 Å². The number of nitrogens with zero attached hydrogens (tertiary/aromatic N) is 5. The van der Waals surface area contributed by atoms with Crippen molar-refractivity contribution < 1.29 is 13.7 Å². The third-order valence-corrected chi connectivity index (χ3v) is 6.52. The van der Waals surface area contributed by atoms with Gasteiger partial charge < -0.3 is 19.6 Å². The highest BCUT2D eigenvalue weighted by atomic mass is 19.1. The maximum absolute atomic E-state index is 13.2. The summed E-state index contributed by atoms with van der Waals surface area (Å²) in [6.07, 6.45) is 2.25. The lowest BCUT2D eigenvalue weighted by atomic mass is 10.0. The summed E-state index contributed by atoms with van der Waals surface area (Å²) in [5, 5.41) is 13.9. The van der Waals surface area contributed by atoms with Crippen LogP contribution in [-0.2, 0) is 6.54 Å². The number of benzene rings is 1. The zero-order valence-electron chi connectivity index (χ0n) is 20.1. The molecule has 0 atom stereocenters. The second kappa shape index (κ2) is 8.07. The monoisotopic (exact) mass is 475 g/mol. The molecule has 0 unspecified atom stereocenters. The van der Waals surface area contributed by atoms with E-state index in [2.05, 4.69) is 25.5 Å². The van der Waals surface area contributed by atoms with E-state index in [-0.39, 0.29) is 6.54 Å². The molecule has 4 aromatic heterocycles. The number of fused-ring (bicyclic) bond motifs is 3. The van der Waals surface area contributed by atoms with E-state index in [1.807, 2.05) is 39.0 Å². The van der Waals surface area contributed by atoms with E-state index in [9.17, 15) is 4.39 Å². The van der Waals surface area contributed by atoms with Crippen LogP contribution in [0.2, 0.25) is 0 Å². The van der Waals surface area contributed by atoms with Crippen molar-refractivity contribution in [3.63, 3.8) is 0 Å². The predicted molar refractivity (Wildman–Crippen MR) is 131 cm³/mol. The summed E-state index contributed by atoms with van der Waals surface area (Å²) in [4.78, 5) is 12.8. The fourth-order valence-electron chi connectivity index (χ4n) is 4.75. The molecular weight excluding hydrogens is 449 g/mol. The van der Waals surface area contributed by atoms with Gasteiger partial charge in [0.15, 0.2) is 0 Å². The molecule has 9 nitrogen and oxygen atoms in total. The Balaban J connectivity index is 1.53. The number of anilines is 2. The Hall–Kier alpha value is -3.95. The first kappa shape index (κ1) is 21.6. The number of aromatic amines is 1. The number of rotatable bonds is 7. The molecule has 2 N–H and O–H groups in total. The number of nitrogens with one attached hydrogen (secondary N) is 2. The van der Waals surface area contributed by atoms with E-state index in [1.54, 1.807) is 11.8 Å². The molecule has 5 aromatic rings. The van der Waals surface area contributed by atoms with Gasteiger partial charge in [0.1, 0.15) is 41.3 Å². The number of hydrogen-bond acceptors (Lipinski definition) is 7. The van der Waals surface area contributed by atoms with Gasteiger partial charge in [-0.2, -0.15) is 5.10 Å². The number of hydrogen-bond donors (Lipinski definition) is 2. The molecule has 1 aliphatic rings. The lowest BCUT2D eigenvalue weighted by Gasteiger charge is -2.11. The summed E-state index contributed by atoms with van der Waals surface area (Å²) in [5.74, 6) is 3.85. The predicted octanol–water partition coefficient (Wildman–Crippen LogP) is 5.49. The Labute approximate surface area is 200 Å². The van der Waals surface area contributed by atoms with Gasteiger partial charge in [-0.05, 0) is 45.7 Å². The Morgan fingerprint density at radius 1 is 1.20 bits per heavy atom. The van der Waals surface area contributed by atoms with Crippen LogP contribution in [0.3, 0.4) is 0 Å². The largest absolute Gasteiger partial charge is 0.496 e. The van der Waals surface area contributed by atoms with Crippen LogP contribution < -0.4 is 10.1 Å². The van der Waals surface area contributed by atoms with Crippen LogP contribution in [0, 0.1) is 20.8 Å². The maximum Gasteiger partial charge on any atom is 0.145 e. The first-order valence-electron chi connectivity index (χ1n) is 11.7. The van der Waals surface area contributed by atoms with Crippen LogP contribution in [0.25, 0.3) is 33.1 Å².